The molecule has 142 valence electrons. The predicted octanol–water partition coefficient (Wildman–Crippen LogP) is 1.86. The number of hydrogen-bond donors (Lipinski definition) is 1. The van der Waals surface area contributed by atoms with Crippen molar-refractivity contribution in [3.05, 3.63) is 51.2 Å². The van der Waals surface area contributed by atoms with Crippen LogP contribution in [0.5, 0.6) is 5.75 Å². The van der Waals surface area contributed by atoms with Crippen LogP contribution in [0.4, 0.5) is 0 Å². The van der Waals surface area contributed by atoms with E-state index in [9.17, 15) is 14.4 Å². The lowest BCUT2D eigenvalue weighted by Gasteiger charge is -2.34. The maximum absolute atomic E-state index is 12.4. The molecular weight excluding hydrogens is 390 g/mol. The fourth-order valence-corrected chi connectivity index (χ4v) is 3.63. The monoisotopic (exact) mass is 407 g/mol. The zero-order valence-corrected chi connectivity index (χ0v) is 16.0. The van der Waals surface area contributed by atoms with E-state index < -0.39 is 5.91 Å². The number of primary amides is 1. The van der Waals surface area contributed by atoms with Gasteiger partial charge in [-0.2, -0.15) is 0 Å². The number of piperazine rings is 1. The summed E-state index contributed by atoms with van der Waals surface area (Å²) in [6.45, 7) is 1.58. The number of amides is 3. The summed E-state index contributed by atoms with van der Waals surface area (Å²) in [4.78, 5) is 40.3. The smallest absolute Gasteiger partial charge is 0.264 e. The van der Waals surface area contributed by atoms with Gasteiger partial charge in [0, 0.05) is 31.2 Å². The molecule has 7 nitrogen and oxygen atoms in total. The van der Waals surface area contributed by atoms with Crippen molar-refractivity contribution in [3.8, 4) is 5.75 Å². The number of ether oxygens (including phenoxy) is 1. The van der Waals surface area contributed by atoms with Gasteiger partial charge in [-0.15, -0.1) is 11.3 Å². The first-order chi connectivity index (χ1) is 13.0. The first-order valence-electron chi connectivity index (χ1n) is 8.28. The number of carbonyl (C=O) groups is 3. The average molecular weight is 408 g/mol. The number of hydrogen-bond acceptors (Lipinski definition) is 5. The topological polar surface area (TPSA) is 92.9 Å². The van der Waals surface area contributed by atoms with E-state index in [1.54, 1.807) is 21.9 Å². The Labute approximate surface area is 165 Å². The Balaban J connectivity index is 1.53. The minimum absolute atomic E-state index is 0.0133. The lowest BCUT2D eigenvalue weighted by molar-refractivity contribution is -0.134. The highest BCUT2D eigenvalue weighted by Gasteiger charge is 2.25. The number of carbonyl (C=O) groups excluding carboxylic acids is 3. The van der Waals surface area contributed by atoms with Crippen molar-refractivity contribution < 1.29 is 19.1 Å². The molecule has 3 rings (SSSR count). The molecule has 2 N–H and O–H groups in total. The van der Waals surface area contributed by atoms with Crippen molar-refractivity contribution in [3.63, 3.8) is 0 Å². The summed E-state index contributed by atoms with van der Waals surface area (Å²) in [5, 5.41) is 2.22. The van der Waals surface area contributed by atoms with Gasteiger partial charge in [0.2, 0.25) is 0 Å². The molecule has 1 fully saturated rings. The van der Waals surface area contributed by atoms with Gasteiger partial charge < -0.3 is 20.3 Å². The molecule has 0 radical (unpaired) electrons. The molecule has 0 bridgehead atoms. The van der Waals surface area contributed by atoms with E-state index >= 15 is 0 Å². The van der Waals surface area contributed by atoms with Crippen LogP contribution in [0.2, 0.25) is 5.02 Å². The summed E-state index contributed by atoms with van der Waals surface area (Å²) in [7, 11) is 0. The van der Waals surface area contributed by atoms with Gasteiger partial charge >= 0.3 is 0 Å². The van der Waals surface area contributed by atoms with E-state index in [0.29, 0.717) is 36.1 Å². The van der Waals surface area contributed by atoms with Gasteiger partial charge in [0.25, 0.3) is 17.7 Å². The van der Waals surface area contributed by atoms with Crippen molar-refractivity contribution in [1.29, 1.82) is 0 Å². The van der Waals surface area contributed by atoms with Crippen molar-refractivity contribution >= 4 is 40.7 Å². The quantitative estimate of drug-likeness (QED) is 0.818. The lowest BCUT2D eigenvalue weighted by atomic mass is 10.2. The molecule has 27 heavy (non-hydrogen) atoms. The van der Waals surface area contributed by atoms with E-state index in [2.05, 4.69) is 0 Å². The molecule has 1 aromatic carbocycles. The summed E-state index contributed by atoms with van der Waals surface area (Å²) >= 11 is 7.25. The molecule has 1 aromatic heterocycles. The molecule has 2 heterocycles. The van der Waals surface area contributed by atoms with Crippen molar-refractivity contribution in [1.82, 2.24) is 9.80 Å². The molecule has 1 saturated heterocycles. The zero-order chi connectivity index (χ0) is 19.4. The number of nitrogens with zero attached hydrogens (tertiary/aromatic N) is 2. The number of benzene rings is 1. The highest BCUT2D eigenvalue weighted by molar-refractivity contribution is 7.12. The van der Waals surface area contributed by atoms with Crippen molar-refractivity contribution in [2.24, 2.45) is 5.73 Å². The molecule has 2 aromatic rings. The summed E-state index contributed by atoms with van der Waals surface area (Å²) in [6, 6.07) is 8.10. The van der Waals surface area contributed by atoms with Gasteiger partial charge in [-0.3, -0.25) is 14.4 Å². The maximum atomic E-state index is 12.4. The van der Waals surface area contributed by atoms with Gasteiger partial charge in [-0.25, -0.2) is 0 Å². The molecule has 0 saturated carbocycles. The van der Waals surface area contributed by atoms with Gasteiger partial charge in [-0.1, -0.05) is 17.7 Å². The van der Waals surface area contributed by atoms with Gasteiger partial charge in [0.05, 0.1) is 10.4 Å². The lowest BCUT2D eigenvalue weighted by Crippen LogP contribution is -2.51. The van der Waals surface area contributed by atoms with Crippen molar-refractivity contribution in [2.45, 2.75) is 0 Å². The van der Waals surface area contributed by atoms with E-state index in [1.165, 1.54) is 23.5 Å². The molecule has 9 heteroatoms. The van der Waals surface area contributed by atoms with Crippen LogP contribution in [0.25, 0.3) is 0 Å². The number of halogens is 1. The SMILES string of the molecule is NC(=O)c1cc(Cl)ccc1OCC(=O)N1CCN(C(=O)c2cccs2)CC1. The summed E-state index contributed by atoms with van der Waals surface area (Å²) in [5.41, 5.74) is 5.43. The van der Waals surface area contributed by atoms with Crippen LogP contribution in [0.15, 0.2) is 35.7 Å². The molecule has 3 amide bonds. The minimum atomic E-state index is -0.680. The molecule has 0 unspecified atom stereocenters. The largest absolute Gasteiger partial charge is 0.483 e. The summed E-state index contributed by atoms with van der Waals surface area (Å²) in [5.74, 6) is -0.698. The highest BCUT2D eigenvalue weighted by atomic mass is 35.5. The molecule has 0 spiro atoms. The third kappa shape index (κ3) is 4.58. The molecule has 0 atom stereocenters. The van der Waals surface area contributed by atoms with Crippen LogP contribution < -0.4 is 10.5 Å². The van der Waals surface area contributed by atoms with Gasteiger partial charge in [0.1, 0.15) is 5.75 Å². The van der Waals surface area contributed by atoms with E-state index in [-0.39, 0.29) is 29.7 Å². The summed E-state index contributed by atoms with van der Waals surface area (Å²) in [6.07, 6.45) is 0. The number of nitrogens with two attached hydrogens (primary N) is 1. The molecular formula is C18H18ClN3O4S. The summed E-state index contributed by atoms with van der Waals surface area (Å²) < 4.78 is 5.47. The molecule has 1 aliphatic rings. The molecule has 1 aliphatic heterocycles. The van der Waals surface area contributed by atoms with E-state index in [1.807, 2.05) is 11.4 Å². The Hall–Kier alpha value is -2.58. The van der Waals surface area contributed by atoms with Crippen LogP contribution in [0.1, 0.15) is 20.0 Å². The van der Waals surface area contributed by atoms with Crippen LogP contribution in [-0.4, -0.2) is 60.3 Å². The Kier molecular flexibility index (Phi) is 5.98. The number of rotatable bonds is 5. The second-order valence-electron chi connectivity index (χ2n) is 5.94. The third-order valence-electron chi connectivity index (χ3n) is 4.21. The fraction of sp³-hybridized carbons (Fsp3) is 0.278. The van der Waals surface area contributed by atoms with Crippen LogP contribution in [-0.2, 0) is 4.79 Å². The van der Waals surface area contributed by atoms with Crippen LogP contribution in [0.3, 0.4) is 0 Å². The Bertz CT molecular complexity index is 848. The minimum Gasteiger partial charge on any atom is -0.483 e. The zero-order valence-electron chi connectivity index (χ0n) is 14.4. The van der Waals surface area contributed by atoms with E-state index in [4.69, 9.17) is 22.1 Å². The number of thiophene rings is 1. The van der Waals surface area contributed by atoms with E-state index in [0.717, 1.165) is 0 Å². The maximum Gasteiger partial charge on any atom is 0.264 e. The normalized spacial score (nSPS) is 14.1. The van der Waals surface area contributed by atoms with Gasteiger partial charge in [-0.05, 0) is 29.6 Å². The second-order valence-corrected chi connectivity index (χ2v) is 7.33. The third-order valence-corrected chi connectivity index (χ3v) is 5.30. The Morgan fingerprint density at radius 2 is 1.81 bits per heavy atom. The Morgan fingerprint density at radius 1 is 1.11 bits per heavy atom. The highest BCUT2D eigenvalue weighted by Crippen LogP contribution is 2.22. The van der Waals surface area contributed by atoms with Gasteiger partial charge in [0.15, 0.2) is 6.61 Å². The Morgan fingerprint density at radius 3 is 2.44 bits per heavy atom. The van der Waals surface area contributed by atoms with Crippen LogP contribution in [0, 0.1) is 0 Å². The molecule has 0 aliphatic carbocycles. The van der Waals surface area contributed by atoms with Crippen molar-refractivity contribution in [2.75, 3.05) is 32.8 Å². The first kappa shape index (κ1) is 19.2. The average Bonchev–Trinajstić information content (AvgIpc) is 3.21. The predicted molar refractivity (Wildman–Crippen MR) is 102 cm³/mol. The fourth-order valence-electron chi connectivity index (χ4n) is 2.77. The first-order valence-corrected chi connectivity index (χ1v) is 9.54. The van der Waals surface area contributed by atoms with Crippen LogP contribution >= 0.6 is 22.9 Å². The second kappa shape index (κ2) is 8.41. The standard InChI is InChI=1S/C18H18ClN3O4S/c19-12-3-4-14(13(10-12)17(20)24)26-11-16(23)21-5-7-22(8-6-21)18(25)15-2-1-9-27-15/h1-4,9-10H,5-8,11H2,(H2,20,24).